The molecule has 3 rings (SSSR count). The van der Waals surface area contributed by atoms with E-state index in [4.69, 9.17) is 11.6 Å². The van der Waals surface area contributed by atoms with E-state index in [1.165, 1.54) is 17.7 Å². The summed E-state index contributed by atoms with van der Waals surface area (Å²) in [5.41, 5.74) is 1.79. The van der Waals surface area contributed by atoms with Gasteiger partial charge in [0, 0.05) is 30.8 Å². The second-order valence-corrected chi connectivity index (χ2v) is 6.44. The minimum absolute atomic E-state index is 0.0396. The minimum Gasteiger partial charge on any atom is -0.369 e. The molecule has 0 saturated carbocycles. The first-order chi connectivity index (χ1) is 12.1. The molecule has 0 aliphatic carbocycles. The van der Waals surface area contributed by atoms with Gasteiger partial charge in [-0.05, 0) is 58.2 Å². The maximum absolute atomic E-state index is 13.2. The summed E-state index contributed by atoms with van der Waals surface area (Å²) in [6.07, 6.45) is 6.03. The maximum Gasteiger partial charge on any atom is 0.229 e. The van der Waals surface area contributed by atoms with Crippen LogP contribution in [0.25, 0.3) is 0 Å². The van der Waals surface area contributed by atoms with Crippen LogP contribution in [-0.2, 0) is 6.42 Å². The molecule has 0 atom stereocenters. The van der Waals surface area contributed by atoms with Crippen molar-refractivity contribution in [1.82, 2.24) is 15.0 Å². The molecule has 0 fully saturated rings. The van der Waals surface area contributed by atoms with E-state index in [1.54, 1.807) is 24.7 Å². The molecule has 128 valence electrons. The number of hydrogen-bond donors (Lipinski definition) is 2. The van der Waals surface area contributed by atoms with Crippen molar-refractivity contribution in [1.29, 1.82) is 0 Å². The smallest absolute Gasteiger partial charge is 0.229 e. The second kappa shape index (κ2) is 8.22. The van der Waals surface area contributed by atoms with E-state index in [-0.39, 0.29) is 5.02 Å². The van der Waals surface area contributed by atoms with Crippen LogP contribution < -0.4 is 10.6 Å². The van der Waals surface area contributed by atoms with Gasteiger partial charge in [-0.25, -0.2) is 9.37 Å². The molecular formula is C17H14BrClFN5. The first-order valence-electron chi connectivity index (χ1n) is 7.49. The van der Waals surface area contributed by atoms with E-state index in [9.17, 15) is 4.39 Å². The highest BCUT2D eigenvalue weighted by Gasteiger charge is 2.07. The fraction of sp³-hybridized carbons (Fsp3) is 0.118. The van der Waals surface area contributed by atoms with Gasteiger partial charge in [0.25, 0.3) is 0 Å². The molecule has 0 aliphatic rings. The van der Waals surface area contributed by atoms with E-state index in [1.807, 2.05) is 12.1 Å². The van der Waals surface area contributed by atoms with Crippen molar-refractivity contribution in [3.05, 3.63) is 69.8 Å². The number of pyridine rings is 1. The highest BCUT2D eigenvalue weighted by molar-refractivity contribution is 9.10. The predicted octanol–water partition coefficient (Wildman–Crippen LogP) is 4.82. The standard InChI is InChI=1S/C17H14BrClFN5/c18-13-10-23-17(24-12-1-2-15(20)14(19)9-12)25-16(13)22-8-5-11-3-6-21-7-4-11/h1-4,6-7,9-10H,5,8H2,(H2,22,23,24,25). The van der Waals surface area contributed by atoms with Crippen LogP contribution in [-0.4, -0.2) is 21.5 Å². The maximum atomic E-state index is 13.2. The lowest BCUT2D eigenvalue weighted by Crippen LogP contribution is -2.08. The molecule has 2 N–H and O–H groups in total. The molecular weight excluding hydrogens is 409 g/mol. The summed E-state index contributed by atoms with van der Waals surface area (Å²) in [5, 5.41) is 6.31. The molecule has 0 saturated heterocycles. The van der Waals surface area contributed by atoms with Gasteiger partial charge in [-0.3, -0.25) is 4.98 Å². The second-order valence-electron chi connectivity index (χ2n) is 5.18. The van der Waals surface area contributed by atoms with Crippen molar-refractivity contribution < 1.29 is 4.39 Å². The van der Waals surface area contributed by atoms with Crippen molar-refractivity contribution in [3.8, 4) is 0 Å². The largest absolute Gasteiger partial charge is 0.369 e. The monoisotopic (exact) mass is 421 g/mol. The van der Waals surface area contributed by atoms with Gasteiger partial charge in [0.2, 0.25) is 5.95 Å². The van der Waals surface area contributed by atoms with Crippen LogP contribution in [0.3, 0.4) is 0 Å². The number of rotatable bonds is 6. The Bertz CT molecular complexity index is 863. The predicted molar refractivity (Wildman–Crippen MR) is 101 cm³/mol. The quantitative estimate of drug-likeness (QED) is 0.596. The van der Waals surface area contributed by atoms with Crippen molar-refractivity contribution in [3.63, 3.8) is 0 Å². The van der Waals surface area contributed by atoms with E-state index in [0.29, 0.717) is 24.0 Å². The SMILES string of the molecule is Fc1ccc(Nc2ncc(Br)c(NCCc3ccncc3)n2)cc1Cl. The topological polar surface area (TPSA) is 62.7 Å². The molecule has 0 aliphatic heterocycles. The zero-order valence-electron chi connectivity index (χ0n) is 13.0. The number of nitrogens with one attached hydrogen (secondary N) is 2. The summed E-state index contributed by atoms with van der Waals surface area (Å²) in [7, 11) is 0. The molecule has 0 unspecified atom stereocenters. The summed E-state index contributed by atoms with van der Waals surface area (Å²) >= 11 is 9.21. The third-order valence-corrected chi connectivity index (χ3v) is 4.25. The van der Waals surface area contributed by atoms with Gasteiger partial charge in [-0.15, -0.1) is 0 Å². The van der Waals surface area contributed by atoms with Crippen LogP contribution in [0.1, 0.15) is 5.56 Å². The first-order valence-corrected chi connectivity index (χ1v) is 8.66. The molecule has 0 radical (unpaired) electrons. The Morgan fingerprint density at radius 2 is 1.96 bits per heavy atom. The van der Waals surface area contributed by atoms with Gasteiger partial charge >= 0.3 is 0 Å². The van der Waals surface area contributed by atoms with Gasteiger partial charge in [0.05, 0.1) is 9.50 Å². The summed E-state index contributed by atoms with van der Waals surface area (Å²) < 4.78 is 14.0. The fourth-order valence-electron chi connectivity index (χ4n) is 2.13. The van der Waals surface area contributed by atoms with Crippen molar-refractivity contribution >= 4 is 45.0 Å². The van der Waals surface area contributed by atoms with Gasteiger partial charge in [0.1, 0.15) is 11.6 Å². The Morgan fingerprint density at radius 3 is 2.72 bits per heavy atom. The molecule has 8 heteroatoms. The van der Waals surface area contributed by atoms with Crippen LogP contribution >= 0.6 is 27.5 Å². The van der Waals surface area contributed by atoms with Gasteiger partial charge in [-0.1, -0.05) is 11.6 Å². The molecule has 25 heavy (non-hydrogen) atoms. The molecule has 1 aromatic carbocycles. The summed E-state index contributed by atoms with van der Waals surface area (Å²) in [5.74, 6) is 0.583. The van der Waals surface area contributed by atoms with Gasteiger partial charge < -0.3 is 10.6 Å². The molecule has 0 bridgehead atoms. The van der Waals surface area contributed by atoms with E-state index < -0.39 is 5.82 Å². The molecule has 5 nitrogen and oxygen atoms in total. The number of nitrogens with zero attached hydrogens (tertiary/aromatic N) is 3. The highest BCUT2D eigenvalue weighted by atomic mass is 79.9. The Labute approximate surface area is 157 Å². The Kier molecular flexibility index (Phi) is 5.78. The Morgan fingerprint density at radius 1 is 1.16 bits per heavy atom. The van der Waals surface area contributed by atoms with E-state index in [0.717, 1.165) is 10.9 Å². The Balaban J connectivity index is 1.66. The fourth-order valence-corrected chi connectivity index (χ4v) is 2.64. The van der Waals surface area contributed by atoms with Gasteiger partial charge in [0.15, 0.2) is 0 Å². The summed E-state index contributed by atoms with van der Waals surface area (Å²) in [4.78, 5) is 12.6. The lowest BCUT2D eigenvalue weighted by Gasteiger charge is -2.10. The zero-order chi connectivity index (χ0) is 17.6. The molecule has 0 amide bonds. The molecule has 2 heterocycles. The summed E-state index contributed by atoms with van der Waals surface area (Å²) in [6.45, 7) is 0.710. The number of hydrogen-bond acceptors (Lipinski definition) is 5. The third-order valence-electron chi connectivity index (χ3n) is 3.38. The number of benzene rings is 1. The van der Waals surface area contributed by atoms with Crippen LogP contribution in [0.4, 0.5) is 21.8 Å². The lowest BCUT2D eigenvalue weighted by atomic mass is 10.2. The lowest BCUT2D eigenvalue weighted by molar-refractivity contribution is 0.628. The van der Waals surface area contributed by atoms with Gasteiger partial charge in [-0.2, -0.15) is 4.98 Å². The normalized spacial score (nSPS) is 10.5. The van der Waals surface area contributed by atoms with E-state index >= 15 is 0 Å². The number of halogens is 3. The van der Waals surface area contributed by atoms with E-state index in [2.05, 4.69) is 41.5 Å². The van der Waals surface area contributed by atoms with Crippen molar-refractivity contribution in [2.45, 2.75) is 6.42 Å². The van der Waals surface area contributed by atoms with Crippen molar-refractivity contribution in [2.24, 2.45) is 0 Å². The molecule has 0 spiro atoms. The number of anilines is 3. The average Bonchev–Trinajstić information content (AvgIpc) is 2.62. The van der Waals surface area contributed by atoms with Crippen LogP contribution in [0, 0.1) is 5.82 Å². The Hall–Kier alpha value is -2.25. The zero-order valence-corrected chi connectivity index (χ0v) is 15.4. The van der Waals surface area contributed by atoms with Crippen LogP contribution in [0.2, 0.25) is 5.02 Å². The highest BCUT2D eigenvalue weighted by Crippen LogP contribution is 2.24. The molecule has 3 aromatic rings. The minimum atomic E-state index is -0.470. The van der Waals surface area contributed by atoms with Crippen LogP contribution in [0.15, 0.2) is 53.4 Å². The molecule has 2 aromatic heterocycles. The van der Waals surface area contributed by atoms with Crippen molar-refractivity contribution in [2.75, 3.05) is 17.2 Å². The average molecular weight is 423 g/mol. The number of aromatic nitrogens is 3. The summed E-state index contributed by atoms with van der Waals surface area (Å²) in [6, 6.07) is 8.29. The first kappa shape index (κ1) is 17.6. The third kappa shape index (κ3) is 4.87. The van der Waals surface area contributed by atoms with Crippen LogP contribution in [0.5, 0.6) is 0 Å².